The summed E-state index contributed by atoms with van der Waals surface area (Å²) in [7, 11) is 1.63. The highest BCUT2D eigenvalue weighted by molar-refractivity contribution is 7.71. The minimum absolute atomic E-state index is 0.417. The van der Waals surface area contributed by atoms with Gasteiger partial charge in [0.1, 0.15) is 11.5 Å². The van der Waals surface area contributed by atoms with Gasteiger partial charge in [-0.05, 0) is 61.1 Å². The van der Waals surface area contributed by atoms with Crippen molar-refractivity contribution in [1.82, 2.24) is 14.9 Å². The van der Waals surface area contributed by atoms with Gasteiger partial charge in [-0.25, -0.2) is 5.10 Å². The molecule has 0 bridgehead atoms. The fourth-order valence-electron chi connectivity index (χ4n) is 2.29. The molecule has 3 rings (SSSR count). The number of hydrogen-bond acceptors (Lipinski definition) is 5. The molecular formula is C18H18N4O2S. The number of methoxy groups -OCH3 is 1. The number of aromatic amines is 1. The highest BCUT2D eigenvalue weighted by Crippen LogP contribution is 2.22. The lowest BCUT2D eigenvalue weighted by Gasteiger charge is -2.04. The molecule has 0 aliphatic carbocycles. The summed E-state index contributed by atoms with van der Waals surface area (Å²) in [6.07, 6.45) is 1.73. The van der Waals surface area contributed by atoms with Crippen molar-refractivity contribution in [3.8, 4) is 22.9 Å². The Labute approximate surface area is 150 Å². The molecule has 1 N–H and O–H groups in total. The van der Waals surface area contributed by atoms with Gasteiger partial charge in [0.25, 0.3) is 0 Å². The first kappa shape index (κ1) is 16.9. The Bertz CT molecular complexity index is 929. The third-order valence-electron chi connectivity index (χ3n) is 3.49. The first-order chi connectivity index (χ1) is 12.2. The summed E-state index contributed by atoms with van der Waals surface area (Å²) in [5, 5.41) is 11.5. The number of nitrogens with one attached hydrogen (secondary N) is 1. The van der Waals surface area contributed by atoms with Gasteiger partial charge in [0.2, 0.25) is 4.77 Å². The summed E-state index contributed by atoms with van der Waals surface area (Å²) >= 11 is 5.28. The maximum Gasteiger partial charge on any atom is 0.216 e. The van der Waals surface area contributed by atoms with Crippen molar-refractivity contribution in [3.05, 3.63) is 58.9 Å². The van der Waals surface area contributed by atoms with E-state index in [1.807, 2.05) is 55.5 Å². The number of H-pyrrole nitrogens is 1. The topological polar surface area (TPSA) is 64.4 Å². The van der Waals surface area contributed by atoms with Gasteiger partial charge in [0.15, 0.2) is 5.82 Å². The normalized spacial score (nSPS) is 11.0. The molecule has 0 saturated heterocycles. The summed E-state index contributed by atoms with van der Waals surface area (Å²) in [5.41, 5.74) is 1.79. The SMILES string of the molecule is CCOc1ccc(C=Nn2c(-c3cccc(OC)c3)n[nH]c2=S)cc1. The number of nitrogens with zero attached hydrogens (tertiary/aromatic N) is 3. The third-order valence-corrected chi connectivity index (χ3v) is 3.76. The molecule has 0 aliphatic heterocycles. The van der Waals surface area contributed by atoms with E-state index >= 15 is 0 Å². The molecule has 2 aromatic carbocycles. The second-order valence-electron chi connectivity index (χ2n) is 5.14. The Kier molecular flexibility index (Phi) is 5.25. The van der Waals surface area contributed by atoms with E-state index < -0.39 is 0 Å². The first-order valence-corrected chi connectivity index (χ1v) is 8.21. The van der Waals surface area contributed by atoms with Crippen LogP contribution in [0.25, 0.3) is 11.4 Å². The fourth-order valence-corrected chi connectivity index (χ4v) is 2.47. The zero-order valence-corrected chi connectivity index (χ0v) is 14.8. The van der Waals surface area contributed by atoms with Crippen LogP contribution in [0.1, 0.15) is 12.5 Å². The zero-order valence-electron chi connectivity index (χ0n) is 14.0. The highest BCUT2D eigenvalue weighted by atomic mass is 32.1. The third kappa shape index (κ3) is 3.95. The maximum absolute atomic E-state index is 5.44. The lowest BCUT2D eigenvalue weighted by atomic mass is 10.2. The van der Waals surface area contributed by atoms with Gasteiger partial charge in [0, 0.05) is 5.56 Å². The van der Waals surface area contributed by atoms with Crippen LogP contribution in [0.15, 0.2) is 53.6 Å². The molecule has 0 amide bonds. The molecule has 0 aliphatic rings. The number of ether oxygens (including phenoxy) is 2. The van der Waals surface area contributed by atoms with Crippen LogP contribution in [0, 0.1) is 4.77 Å². The van der Waals surface area contributed by atoms with E-state index in [2.05, 4.69) is 15.3 Å². The van der Waals surface area contributed by atoms with E-state index in [0.29, 0.717) is 17.2 Å². The summed E-state index contributed by atoms with van der Waals surface area (Å²) < 4.78 is 12.7. The Morgan fingerprint density at radius 3 is 2.72 bits per heavy atom. The monoisotopic (exact) mass is 354 g/mol. The Morgan fingerprint density at radius 1 is 1.20 bits per heavy atom. The van der Waals surface area contributed by atoms with E-state index in [4.69, 9.17) is 21.7 Å². The van der Waals surface area contributed by atoms with Crippen molar-refractivity contribution in [1.29, 1.82) is 0 Å². The molecule has 1 aromatic heterocycles. The molecule has 0 fully saturated rings. The molecule has 7 heteroatoms. The van der Waals surface area contributed by atoms with Crippen LogP contribution in [-0.2, 0) is 0 Å². The molecule has 6 nitrogen and oxygen atoms in total. The largest absolute Gasteiger partial charge is 0.497 e. The summed E-state index contributed by atoms with van der Waals surface area (Å²) in [6.45, 7) is 2.59. The van der Waals surface area contributed by atoms with E-state index in [-0.39, 0.29) is 0 Å². The lowest BCUT2D eigenvalue weighted by Crippen LogP contribution is -1.96. The van der Waals surface area contributed by atoms with Crippen molar-refractivity contribution < 1.29 is 9.47 Å². The average Bonchev–Trinajstić information content (AvgIpc) is 3.02. The van der Waals surface area contributed by atoms with E-state index in [0.717, 1.165) is 22.6 Å². The highest BCUT2D eigenvalue weighted by Gasteiger charge is 2.09. The van der Waals surface area contributed by atoms with Gasteiger partial charge in [-0.3, -0.25) is 0 Å². The van der Waals surface area contributed by atoms with E-state index in [1.165, 1.54) is 0 Å². The van der Waals surface area contributed by atoms with Crippen LogP contribution in [-0.4, -0.2) is 34.8 Å². The maximum atomic E-state index is 5.44. The molecule has 128 valence electrons. The molecule has 25 heavy (non-hydrogen) atoms. The van der Waals surface area contributed by atoms with Gasteiger partial charge in [0.05, 0.1) is 19.9 Å². The second kappa shape index (κ2) is 7.76. The molecular weight excluding hydrogens is 336 g/mol. The van der Waals surface area contributed by atoms with Crippen molar-refractivity contribution in [3.63, 3.8) is 0 Å². The summed E-state index contributed by atoms with van der Waals surface area (Å²) in [6, 6.07) is 15.3. The van der Waals surface area contributed by atoms with Crippen molar-refractivity contribution in [2.75, 3.05) is 13.7 Å². The van der Waals surface area contributed by atoms with Crippen LogP contribution >= 0.6 is 12.2 Å². The number of aromatic nitrogens is 3. The van der Waals surface area contributed by atoms with Gasteiger partial charge in [-0.1, -0.05) is 12.1 Å². The van der Waals surface area contributed by atoms with Crippen LogP contribution in [0.4, 0.5) is 0 Å². The van der Waals surface area contributed by atoms with Gasteiger partial charge in [-0.15, -0.1) is 0 Å². The summed E-state index contributed by atoms with van der Waals surface area (Å²) in [4.78, 5) is 0. The van der Waals surface area contributed by atoms with Crippen LogP contribution in [0.5, 0.6) is 11.5 Å². The predicted octanol–water partition coefficient (Wildman–Crippen LogP) is 3.90. The van der Waals surface area contributed by atoms with Crippen molar-refractivity contribution in [2.45, 2.75) is 6.92 Å². The van der Waals surface area contributed by atoms with Crippen LogP contribution < -0.4 is 9.47 Å². The number of hydrogen-bond donors (Lipinski definition) is 1. The average molecular weight is 354 g/mol. The standard InChI is InChI=1S/C18H18N4O2S/c1-3-24-15-9-7-13(8-10-15)12-19-22-17(20-21-18(22)25)14-5-4-6-16(11-14)23-2/h4-12H,3H2,1-2H3,(H,21,25). The van der Waals surface area contributed by atoms with Gasteiger partial charge in [-0.2, -0.15) is 14.9 Å². The van der Waals surface area contributed by atoms with Gasteiger partial charge < -0.3 is 9.47 Å². The zero-order chi connectivity index (χ0) is 17.6. The fraction of sp³-hybridized carbons (Fsp3) is 0.167. The van der Waals surface area contributed by atoms with E-state index in [1.54, 1.807) is 18.0 Å². The van der Waals surface area contributed by atoms with Crippen molar-refractivity contribution >= 4 is 18.4 Å². The lowest BCUT2D eigenvalue weighted by molar-refractivity contribution is 0.340. The smallest absolute Gasteiger partial charge is 0.216 e. The van der Waals surface area contributed by atoms with Crippen molar-refractivity contribution in [2.24, 2.45) is 5.10 Å². The molecule has 3 aromatic rings. The molecule has 0 unspecified atom stereocenters. The number of rotatable bonds is 6. The molecule has 0 saturated carbocycles. The number of benzene rings is 2. The van der Waals surface area contributed by atoms with Crippen LogP contribution in [0.2, 0.25) is 0 Å². The van der Waals surface area contributed by atoms with E-state index in [9.17, 15) is 0 Å². The molecule has 0 radical (unpaired) electrons. The second-order valence-corrected chi connectivity index (χ2v) is 5.53. The first-order valence-electron chi connectivity index (χ1n) is 7.80. The van der Waals surface area contributed by atoms with Gasteiger partial charge >= 0.3 is 0 Å². The Morgan fingerprint density at radius 2 is 2.00 bits per heavy atom. The minimum Gasteiger partial charge on any atom is -0.497 e. The minimum atomic E-state index is 0.417. The Hall–Kier alpha value is -2.93. The molecule has 1 heterocycles. The molecule has 0 spiro atoms. The summed E-state index contributed by atoms with van der Waals surface area (Å²) in [5.74, 6) is 2.19. The molecule has 0 atom stereocenters. The predicted molar refractivity (Wildman–Crippen MR) is 100 cm³/mol. The Balaban J connectivity index is 1.90. The van der Waals surface area contributed by atoms with Crippen LogP contribution in [0.3, 0.4) is 0 Å². The quantitative estimate of drug-likeness (QED) is 0.539.